The first kappa shape index (κ1) is 14.2. The minimum Gasteiger partial charge on any atom is -0.316 e. The Bertz CT molecular complexity index is 349. The van der Waals surface area contributed by atoms with Crippen LogP contribution in [-0.4, -0.2) is 13.1 Å². The number of nitrogens with one attached hydrogen (secondary N) is 1. The molecule has 1 heteroatoms. The summed E-state index contributed by atoms with van der Waals surface area (Å²) in [5, 5.41) is 3.54. The van der Waals surface area contributed by atoms with Gasteiger partial charge in [-0.05, 0) is 55.8 Å². The molecule has 0 bridgehead atoms. The molecule has 1 aromatic carbocycles. The lowest BCUT2D eigenvalue weighted by atomic mass is 9.96. The van der Waals surface area contributed by atoms with Crippen LogP contribution >= 0.6 is 0 Å². The van der Waals surface area contributed by atoms with Crippen LogP contribution in [0.3, 0.4) is 0 Å². The van der Waals surface area contributed by atoms with Crippen LogP contribution < -0.4 is 5.32 Å². The molecule has 17 heavy (non-hydrogen) atoms. The highest BCUT2D eigenvalue weighted by Gasteiger charge is 2.09. The lowest BCUT2D eigenvalue weighted by molar-refractivity contribution is 0.381. The summed E-state index contributed by atoms with van der Waals surface area (Å²) in [5.41, 5.74) is 6.11. The molecule has 0 aromatic heterocycles. The highest BCUT2D eigenvalue weighted by Crippen LogP contribution is 2.17. The van der Waals surface area contributed by atoms with E-state index in [4.69, 9.17) is 0 Å². The van der Waals surface area contributed by atoms with Gasteiger partial charge in [0.2, 0.25) is 0 Å². The highest BCUT2D eigenvalue weighted by molar-refractivity contribution is 5.37. The molecule has 0 aliphatic rings. The second kappa shape index (κ2) is 5.68. The maximum Gasteiger partial charge on any atom is 0.000000409 e. The van der Waals surface area contributed by atoms with Crippen molar-refractivity contribution in [2.75, 3.05) is 13.1 Å². The van der Waals surface area contributed by atoms with Crippen LogP contribution in [0.25, 0.3) is 0 Å². The zero-order valence-electron chi connectivity index (χ0n) is 12.3. The van der Waals surface area contributed by atoms with Crippen molar-refractivity contribution in [2.45, 2.75) is 48.0 Å². The van der Waals surface area contributed by atoms with E-state index in [9.17, 15) is 0 Å². The van der Waals surface area contributed by atoms with E-state index < -0.39 is 0 Å². The topological polar surface area (TPSA) is 12.0 Å². The van der Waals surface area contributed by atoms with Crippen LogP contribution in [0, 0.1) is 26.2 Å². The summed E-state index contributed by atoms with van der Waals surface area (Å²) in [6, 6.07) is 4.57. The first-order valence-corrected chi connectivity index (χ1v) is 6.57. The molecule has 1 nitrogen and oxygen atoms in total. The molecule has 1 rings (SSSR count). The zero-order chi connectivity index (χ0) is 13.1. The van der Waals surface area contributed by atoms with Gasteiger partial charge in [0.15, 0.2) is 0 Å². The third kappa shape index (κ3) is 4.91. The van der Waals surface area contributed by atoms with Gasteiger partial charge in [0.05, 0.1) is 0 Å². The van der Waals surface area contributed by atoms with Crippen molar-refractivity contribution in [1.29, 1.82) is 0 Å². The molecular weight excluding hydrogens is 206 g/mol. The second-order valence-electron chi connectivity index (χ2n) is 6.36. The lowest BCUT2D eigenvalue weighted by Crippen LogP contribution is -2.28. The molecule has 96 valence electrons. The van der Waals surface area contributed by atoms with Crippen molar-refractivity contribution in [3.8, 4) is 0 Å². The molecule has 0 spiro atoms. The molecule has 0 radical (unpaired) electrons. The molecule has 0 atom stereocenters. The van der Waals surface area contributed by atoms with Gasteiger partial charge >= 0.3 is 0 Å². The first-order chi connectivity index (χ1) is 7.79. The number of aryl methyl sites for hydroxylation is 3. The summed E-state index contributed by atoms with van der Waals surface area (Å²) in [4.78, 5) is 0. The van der Waals surface area contributed by atoms with Crippen LogP contribution in [0.4, 0.5) is 0 Å². The van der Waals surface area contributed by atoms with Crippen LogP contribution in [0.1, 0.15) is 43.0 Å². The van der Waals surface area contributed by atoms with Crippen molar-refractivity contribution in [3.63, 3.8) is 0 Å². The van der Waals surface area contributed by atoms with Crippen LogP contribution in [0.15, 0.2) is 12.1 Å². The molecule has 0 amide bonds. The first-order valence-electron chi connectivity index (χ1n) is 6.57. The summed E-state index contributed by atoms with van der Waals surface area (Å²) < 4.78 is 0. The Hall–Kier alpha value is -0.820. The van der Waals surface area contributed by atoms with Crippen molar-refractivity contribution >= 4 is 0 Å². The predicted molar refractivity (Wildman–Crippen MR) is 76.7 cm³/mol. The third-order valence-corrected chi connectivity index (χ3v) is 3.05. The van der Waals surface area contributed by atoms with Gasteiger partial charge in [-0.15, -0.1) is 0 Å². The van der Waals surface area contributed by atoms with Gasteiger partial charge in [-0.25, -0.2) is 0 Å². The van der Waals surface area contributed by atoms with Gasteiger partial charge < -0.3 is 5.32 Å². The Balaban J connectivity index is 2.53. The Morgan fingerprint density at radius 3 is 2.00 bits per heavy atom. The number of hydrogen-bond donors (Lipinski definition) is 1. The van der Waals surface area contributed by atoms with Crippen molar-refractivity contribution in [2.24, 2.45) is 5.41 Å². The normalized spacial score (nSPS) is 11.9. The molecule has 0 saturated heterocycles. The Morgan fingerprint density at radius 2 is 1.53 bits per heavy atom. The number of benzene rings is 1. The summed E-state index contributed by atoms with van der Waals surface area (Å²) in [6.45, 7) is 15.6. The van der Waals surface area contributed by atoms with E-state index in [2.05, 4.69) is 59.0 Å². The average molecular weight is 233 g/mol. The van der Waals surface area contributed by atoms with Crippen molar-refractivity contribution in [1.82, 2.24) is 5.32 Å². The molecule has 0 saturated carbocycles. The molecule has 1 aromatic rings. The van der Waals surface area contributed by atoms with E-state index >= 15 is 0 Å². The largest absolute Gasteiger partial charge is 0.316 e. The molecular formula is C16H27N. The van der Waals surface area contributed by atoms with Crippen molar-refractivity contribution < 1.29 is 0 Å². The molecule has 0 heterocycles. The predicted octanol–water partition coefficient (Wildman–Crippen LogP) is 3.79. The maximum atomic E-state index is 3.54. The number of rotatable bonds is 4. The Morgan fingerprint density at radius 1 is 1.00 bits per heavy atom. The minimum atomic E-state index is 0.372. The third-order valence-electron chi connectivity index (χ3n) is 3.05. The van der Waals surface area contributed by atoms with E-state index in [1.165, 1.54) is 22.3 Å². The van der Waals surface area contributed by atoms with Crippen LogP contribution in [0.5, 0.6) is 0 Å². The summed E-state index contributed by atoms with van der Waals surface area (Å²) >= 11 is 0. The Labute approximate surface area is 107 Å². The van der Waals surface area contributed by atoms with Crippen molar-refractivity contribution in [3.05, 3.63) is 34.4 Å². The summed E-state index contributed by atoms with van der Waals surface area (Å²) in [5.74, 6) is 0. The average Bonchev–Trinajstić information content (AvgIpc) is 2.13. The summed E-state index contributed by atoms with van der Waals surface area (Å²) in [6.07, 6.45) is 1.13. The fourth-order valence-corrected chi connectivity index (χ4v) is 2.28. The van der Waals surface area contributed by atoms with Gasteiger partial charge in [0.25, 0.3) is 0 Å². The lowest BCUT2D eigenvalue weighted by Gasteiger charge is -2.19. The molecule has 0 aliphatic heterocycles. The standard InChI is InChI=1S/C16H27N/c1-12-9-13(2)15(14(3)10-12)7-8-17-11-16(4,5)6/h9-10,17H,7-8,11H2,1-6H3. The summed E-state index contributed by atoms with van der Waals surface area (Å²) in [7, 11) is 0. The second-order valence-corrected chi connectivity index (χ2v) is 6.36. The van der Waals surface area contributed by atoms with E-state index in [1.54, 1.807) is 0 Å². The van der Waals surface area contributed by atoms with Gasteiger partial charge in [0, 0.05) is 6.54 Å². The van der Waals surface area contributed by atoms with Gasteiger partial charge in [0.1, 0.15) is 0 Å². The smallest absolute Gasteiger partial charge is 0.000000409 e. The molecule has 0 fully saturated rings. The van der Waals surface area contributed by atoms with Crippen LogP contribution in [-0.2, 0) is 6.42 Å². The highest BCUT2D eigenvalue weighted by atomic mass is 14.9. The monoisotopic (exact) mass is 233 g/mol. The molecule has 0 unspecified atom stereocenters. The zero-order valence-corrected chi connectivity index (χ0v) is 12.3. The van der Waals surface area contributed by atoms with E-state index in [1.807, 2.05) is 0 Å². The Kier molecular flexibility index (Phi) is 4.76. The molecule has 0 aliphatic carbocycles. The van der Waals surface area contributed by atoms with Gasteiger partial charge in [-0.2, -0.15) is 0 Å². The van der Waals surface area contributed by atoms with Crippen LogP contribution in [0.2, 0.25) is 0 Å². The maximum absolute atomic E-state index is 3.54. The SMILES string of the molecule is Cc1cc(C)c(CCNCC(C)(C)C)c(C)c1. The van der Waals surface area contributed by atoms with Gasteiger partial charge in [-0.1, -0.05) is 38.5 Å². The van der Waals surface area contributed by atoms with E-state index in [-0.39, 0.29) is 0 Å². The minimum absolute atomic E-state index is 0.372. The number of hydrogen-bond acceptors (Lipinski definition) is 1. The fourth-order valence-electron chi connectivity index (χ4n) is 2.28. The van der Waals surface area contributed by atoms with E-state index in [0.29, 0.717) is 5.41 Å². The fraction of sp³-hybridized carbons (Fsp3) is 0.625. The quantitative estimate of drug-likeness (QED) is 0.780. The van der Waals surface area contributed by atoms with E-state index in [0.717, 1.165) is 19.5 Å². The molecule has 1 N–H and O–H groups in total. The van der Waals surface area contributed by atoms with Gasteiger partial charge in [-0.3, -0.25) is 0 Å².